The van der Waals surface area contributed by atoms with Crippen molar-refractivity contribution >= 4 is 39.5 Å². The van der Waals surface area contributed by atoms with Crippen LogP contribution in [0.5, 0.6) is 0 Å². The molecule has 3 unspecified atom stereocenters. The topological polar surface area (TPSA) is 237 Å². The van der Waals surface area contributed by atoms with Gasteiger partial charge < -0.3 is 33.8 Å². The minimum atomic E-state index is -4.97. The van der Waals surface area contributed by atoms with Gasteiger partial charge >= 0.3 is 39.5 Å². The molecule has 642 valence electrons. The molecule has 0 aliphatic heterocycles. The number of phosphoric ester groups is 2. The molecule has 0 rings (SSSR count). The number of phosphoric acid groups is 2. The molecule has 19 heteroatoms. The lowest BCUT2D eigenvalue weighted by atomic mass is 9.99. The van der Waals surface area contributed by atoms with E-state index in [9.17, 15) is 43.2 Å². The van der Waals surface area contributed by atoms with E-state index in [1.165, 1.54) is 283 Å². The standard InChI is InChI=1S/C89H174O17P2/c1-8-10-11-12-13-14-15-16-17-18-19-20-24-30-35-42-49-56-63-70-86(91)99-76-84(105-88(93)72-65-58-51-43-36-31-25-22-21-23-28-33-39-46-53-60-67-80(3)4)78-103-107(95,96)101-74-83(90)75-102-108(97,98)104-79-85(77-100-87(92)71-64-57-50-45-38-40-47-54-61-68-81(5)6)106-89(94)73-66-59-52-44-37-32-27-26-29-34-41-48-55-62-69-82(7)9-2/h80-85,90H,8-79H2,1-7H3,(H,95,96)(H,97,98)/t82?,83-,84-,85-/m1/s1. The van der Waals surface area contributed by atoms with E-state index in [0.29, 0.717) is 25.7 Å². The summed E-state index contributed by atoms with van der Waals surface area (Å²) < 4.78 is 69.0. The third kappa shape index (κ3) is 80.7. The predicted molar refractivity (Wildman–Crippen MR) is 446 cm³/mol. The van der Waals surface area contributed by atoms with E-state index in [1.807, 2.05) is 0 Å². The summed E-state index contributed by atoms with van der Waals surface area (Å²) in [6, 6.07) is 0. The molecule has 0 aromatic rings. The number of aliphatic hydroxyl groups excluding tert-OH is 1. The molecule has 0 spiro atoms. The Morgan fingerprint density at radius 1 is 0.269 bits per heavy atom. The molecule has 3 N–H and O–H groups in total. The van der Waals surface area contributed by atoms with E-state index in [-0.39, 0.29) is 25.7 Å². The smallest absolute Gasteiger partial charge is 0.462 e. The van der Waals surface area contributed by atoms with Crippen LogP contribution in [0, 0.1) is 17.8 Å². The van der Waals surface area contributed by atoms with Crippen LogP contribution in [0.2, 0.25) is 0 Å². The van der Waals surface area contributed by atoms with Gasteiger partial charge in [0, 0.05) is 25.7 Å². The fourth-order valence-electron chi connectivity index (χ4n) is 13.9. The third-order valence-corrected chi connectivity index (χ3v) is 23.1. The normalized spacial score (nSPS) is 14.1. The molecule has 0 amide bonds. The lowest BCUT2D eigenvalue weighted by Gasteiger charge is -2.21. The summed E-state index contributed by atoms with van der Waals surface area (Å²) in [6.07, 6.45) is 70.8. The first kappa shape index (κ1) is 106. The van der Waals surface area contributed by atoms with Crippen LogP contribution in [0.15, 0.2) is 0 Å². The zero-order valence-electron chi connectivity index (χ0n) is 71.3. The van der Waals surface area contributed by atoms with Crippen molar-refractivity contribution in [3.05, 3.63) is 0 Å². The van der Waals surface area contributed by atoms with Crippen molar-refractivity contribution in [1.29, 1.82) is 0 Å². The second-order valence-corrected chi connectivity index (χ2v) is 36.1. The Labute approximate surface area is 664 Å². The first-order valence-corrected chi connectivity index (χ1v) is 48.9. The summed E-state index contributed by atoms with van der Waals surface area (Å²) in [5.41, 5.74) is 0. The maximum absolute atomic E-state index is 13.2. The minimum absolute atomic E-state index is 0.107. The van der Waals surface area contributed by atoms with Gasteiger partial charge in [-0.3, -0.25) is 37.3 Å². The van der Waals surface area contributed by atoms with Crippen molar-refractivity contribution in [2.45, 2.75) is 491 Å². The Morgan fingerprint density at radius 2 is 0.472 bits per heavy atom. The molecule has 17 nitrogen and oxygen atoms in total. The summed E-state index contributed by atoms with van der Waals surface area (Å²) in [6.45, 7) is 12.1. The van der Waals surface area contributed by atoms with Crippen molar-refractivity contribution in [1.82, 2.24) is 0 Å². The second-order valence-electron chi connectivity index (χ2n) is 33.2. The zero-order chi connectivity index (χ0) is 79.3. The van der Waals surface area contributed by atoms with Crippen LogP contribution in [0.1, 0.15) is 472 Å². The van der Waals surface area contributed by atoms with Gasteiger partial charge in [0.1, 0.15) is 19.3 Å². The Kier molecular flexibility index (Phi) is 77.5. The van der Waals surface area contributed by atoms with Gasteiger partial charge in [0.2, 0.25) is 0 Å². The largest absolute Gasteiger partial charge is 0.472 e. The monoisotopic (exact) mass is 1580 g/mol. The van der Waals surface area contributed by atoms with Gasteiger partial charge in [-0.2, -0.15) is 0 Å². The van der Waals surface area contributed by atoms with Crippen LogP contribution in [0.4, 0.5) is 0 Å². The van der Waals surface area contributed by atoms with Gasteiger partial charge in [0.15, 0.2) is 12.2 Å². The Bertz CT molecular complexity index is 2080. The Balaban J connectivity index is 5.26. The summed E-state index contributed by atoms with van der Waals surface area (Å²) in [7, 11) is -9.93. The van der Waals surface area contributed by atoms with Gasteiger partial charge in [-0.15, -0.1) is 0 Å². The van der Waals surface area contributed by atoms with E-state index in [0.717, 1.165) is 108 Å². The van der Waals surface area contributed by atoms with Gasteiger partial charge in [0.25, 0.3) is 0 Å². The number of hydrogen-bond acceptors (Lipinski definition) is 15. The highest BCUT2D eigenvalue weighted by Crippen LogP contribution is 2.45. The van der Waals surface area contributed by atoms with E-state index in [1.54, 1.807) is 0 Å². The molecule has 0 aromatic carbocycles. The van der Waals surface area contributed by atoms with Gasteiger partial charge in [0.05, 0.1) is 26.4 Å². The highest BCUT2D eigenvalue weighted by atomic mass is 31.2. The van der Waals surface area contributed by atoms with Gasteiger partial charge in [-0.1, -0.05) is 421 Å². The minimum Gasteiger partial charge on any atom is -0.462 e. The second kappa shape index (κ2) is 78.9. The van der Waals surface area contributed by atoms with E-state index >= 15 is 0 Å². The molecular weight excluding hydrogens is 1400 g/mol. The quantitative estimate of drug-likeness (QED) is 0.0222. The highest BCUT2D eigenvalue weighted by molar-refractivity contribution is 7.47. The first-order chi connectivity index (χ1) is 52.3. The number of aliphatic hydroxyl groups is 1. The van der Waals surface area contributed by atoms with E-state index < -0.39 is 97.5 Å². The zero-order valence-corrected chi connectivity index (χ0v) is 73.1. The molecular formula is C89H174O17P2. The van der Waals surface area contributed by atoms with Crippen LogP contribution < -0.4 is 0 Å². The summed E-state index contributed by atoms with van der Waals surface area (Å²) >= 11 is 0. The molecule has 0 saturated heterocycles. The summed E-state index contributed by atoms with van der Waals surface area (Å²) in [4.78, 5) is 73.4. The molecule has 0 bridgehead atoms. The molecule has 0 radical (unpaired) electrons. The number of hydrogen-bond donors (Lipinski definition) is 3. The maximum atomic E-state index is 13.2. The van der Waals surface area contributed by atoms with Crippen LogP contribution in [0.25, 0.3) is 0 Å². The third-order valence-electron chi connectivity index (χ3n) is 21.2. The van der Waals surface area contributed by atoms with Crippen molar-refractivity contribution in [2.24, 2.45) is 17.8 Å². The first-order valence-electron chi connectivity index (χ1n) is 45.9. The van der Waals surface area contributed by atoms with Crippen molar-refractivity contribution in [2.75, 3.05) is 39.6 Å². The molecule has 108 heavy (non-hydrogen) atoms. The number of rotatable bonds is 87. The van der Waals surface area contributed by atoms with Crippen LogP contribution in [0.3, 0.4) is 0 Å². The molecule has 0 aliphatic carbocycles. The van der Waals surface area contributed by atoms with Crippen molar-refractivity contribution in [3.8, 4) is 0 Å². The number of carbonyl (C=O) groups is 4. The maximum Gasteiger partial charge on any atom is 0.472 e. The number of carbonyl (C=O) groups excluding carboxylic acids is 4. The number of ether oxygens (including phenoxy) is 4. The van der Waals surface area contributed by atoms with Crippen LogP contribution in [-0.2, 0) is 65.4 Å². The predicted octanol–water partition coefficient (Wildman–Crippen LogP) is 27.3. The average molecular weight is 1580 g/mol. The fourth-order valence-corrected chi connectivity index (χ4v) is 15.4. The van der Waals surface area contributed by atoms with Gasteiger partial charge in [-0.05, 0) is 43.4 Å². The fraction of sp³-hybridized carbons (Fsp3) is 0.955. The number of unbranched alkanes of at least 4 members (excludes halogenated alkanes) is 54. The van der Waals surface area contributed by atoms with E-state index in [2.05, 4.69) is 48.5 Å². The summed E-state index contributed by atoms with van der Waals surface area (Å²) in [5, 5.41) is 10.7. The molecule has 0 heterocycles. The Morgan fingerprint density at radius 3 is 0.704 bits per heavy atom. The lowest BCUT2D eigenvalue weighted by Crippen LogP contribution is -2.30. The van der Waals surface area contributed by atoms with Crippen LogP contribution in [-0.4, -0.2) is 96.7 Å². The van der Waals surface area contributed by atoms with Crippen molar-refractivity contribution in [3.63, 3.8) is 0 Å². The number of esters is 4. The van der Waals surface area contributed by atoms with E-state index in [4.69, 9.17) is 37.0 Å². The summed E-state index contributed by atoms with van der Waals surface area (Å²) in [5.74, 6) is 0.299. The molecule has 0 aliphatic rings. The lowest BCUT2D eigenvalue weighted by molar-refractivity contribution is -0.161. The molecule has 0 aromatic heterocycles. The highest BCUT2D eigenvalue weighted by Gasteiger charge is 2.31. The van der Waals surface area contributed by atoms with Gasteiger partial charge in [-0.25, -0.2) is 9.13 Å². The SMILES string of the molecule is CCCCCCCCCCCCCCCCCCCCCC(=O)OC[C@H](COP(=O)(O)OC[C@@H](O)COP(=O)(O)OC[C@@H](COC(=O)CCCCCCCCCCCC(C)C)OC(=O)CCCCCCCCCCCCCCCCC(C)CC)OC(=O)CCCCCCCCCCCCCCCCCCC(C)C. The van der Waals surface area contributed by atoms with Crippen LogP contribution >= 0.6 is 15.6 Å². The molecule has 0 fully saturated rings. The van der Waals surface area contributed by atoms with Crippen molar-refractivity contribution < 1.29 is 80.2 Å². The average Bonchev–Trinajstić information content (AvgIpc) is 0.900. The Hall–Kier alpha value is -1.94. The molecule has 0 saturated carbocycles. The molecule has 6 atom stereocenters.